The molecule has 2 aromatic rings. The lowest BCUT2D eigenvalue weighted by Gasteiger charge is -2.29. The molecule has 2 atom stereocenters. The van der Waals surface area contributed by atoms with Crippen LogP contribution in [0.15, 0.2) is 36.4 Å². The molecule has 27 heavy (non-hydrogen) atoms. The van der Waals surface area contributed by atoms with Gasteiger partial charge in [-0.2, -0.15) is 0 Å². The van der Waals surface area contributed by atoms with Crippen LogP contribution in [-0.2, 0) is 16.1 Å². The number of nitrogens with one attached hydrogen (secondary N) is 2. The number of fused-ring (bicyclic) bond motifs is 1. The standard InChI is InChI=1S/C22H29N3O2/c1-2-3-14-23-21(26)18-9-5-6-10-19(18)22(27)24-15-17-13-12-16-8-4-7-11-20(16)25-17/h4,7-8,11-13,18-19H,2-3,5-6,9-10,14-15H2,1H3,(H,23,26)(H,24,27)/t18-,19+/m1/s1. The van der Waals surface area contributed by atoms with E-state index in [1.807, 2.05) is 36.4 Å². The third kappa shape index (κ3) is 5.06. The Hall–Kier alpha value is -2.43. The molecule has 5 nitrogen and oxygen atoms in total. The molecule has 0 saturated heterocycles. The van der Waals surface area contributed by atoms with Crippen LogP contribution in [0.5, 0.6) is 0 Å². The van der Waals surface area contributed by atoms with E-state index in [1.165, 1.54) is 0 Å². The third-order valence-electron chi connectivity index (χ3n) is 5.37. The van der Waals surface area contributed by atoms with E-state index in [4.69, 9.17) is 0 Å². The monoisotopic (exact) mass is 367 g/mol. The lowest BCUT2D eigenvalue weighted by atomic mass is 9.78. The maximum atomic E-state index is 12.8. The van der Waals surface area contributed by atoms with Gasteiger partial charge in [0.1, 0.15) is 0 Å². The minimum absolute atomic E-state index is 0.0275. The van der Waals surface area contributed by atoms with Crippen molar-refractivity contribution >= 4 is 22.7 Å². The first kappa shape index (κ1) is 19.3. The van der Waals surface area contributed by atoms with Gasteiger partial charge in [-0.3, -0.25) is 14.6 Å². The third-order valence-corrected chi connectivity index (χ3v) is 5.37. The van der Waals surface area contributed by atoms with Crippen LogP contribution in [-0.4, -0.2) is 23.3 Å². The molecule has 0 radical (unpaired) electrons. The summed E-state index contributed by atoms with van der Waals surface area (Å²) in [5.74, 6) is -0.437. The first-order valence-electron chi connectivity index (χ1n) is 10.1. The fraction of sp³-hybridized carbons (Fsp3) is 0.500. The number of benzene rings is 1. The van der Waals surface area contributed by atoms with Gasteiger partial charge < -0.3 is 10.6 Å². The smallest absolute Gasteiger partial charge is 0.224 e. The van der Waals surface area contributed by atoms with E-state index < -0.39 is 0 Å². The number of carbonyl (C=O) groups excluding carboxylic acids is 2. The average Bonchev–Trinajstić information content (AvgIpc) is 2.72. The number of rotatable bonds is 7. The number of aromatic nitrogens is 1. The molecule has 1 aliphatic carbocycles. The van der Waals surface area contributed by atoms with Crippen molar-refractivity contribution in [2.45, 2.75) is 52.0 Å². The summed E-state index contributed by atoms with van der Waals surface area (Å²) in [4.78, 5) is 29.9. The minimum atomic E-state index is -0.235. The molecule has 144 valence electrons. The van der Waals surface area contributed by atoms with Crippen molar-refractivity contribution in [1.82, 2.24) is 15.6 Å². The van der Waals surface area contributed by atoms with Gasteiger partial charge in [0.25, 0.3) is 0 Å². The molecule has 3 rings (SSSR count). The van der Waals surface area contributed by atoms with Crippen LogP contribution in [0.25, 0.3) is 10.9 Å². The van der Waals surface area contributed by atoms with Gasteiger partial charge in [-0.15, -0.1) is 0 Å². The Morgan fingerprint density at radius 1 is 1.00 bits per heavy atom. The summed E-state index contributed by atoms with van der Waals surface area (Å²) in [6.45, 7) is 3.19. The van der Waals surface area contributed by atoms with E-state index in [-0.39, 0.29) is 23.7 Å². The Kier molecular flexibility index (Phi) is 6.80. The van der Waals surface area contributed by atoms with Gasteiger partial charge >= 0.3 is 0 Å². The number of hydrogen-bond acceptors (Lipinski definition) is 3. The number of para-hydroxylation sites is 1. The predicted molar refractivity (Wildman–Crippen MR) is 107 cm³/mol. The molecule has 1 saturated carbocycles. The number of amides is 2. The van der Waals surface area contributed by atoms with Crippen molar-refractivity contribution in [2.75, 3.05) is 6.54 Å². The summed E-state index contributed by atoms with van der Waals surface area (Å²) in [6.07, 6.45) is 5.62. The van der Waals surface area contributed by atoms with Crippen molar-refractivity contribution in [1.29, 1.82) is 0 Å². The number of unbranched alkanes of at least 4 members (excludes halogenated alkanes) is 1. The van der Waals surface area contributed by atoms with Gasteiger partial charge in [0, 0.05) is 23.8 Å². The second kappa shape index (κ2) is 9.49. The zero-order valence-electron chi connectivity index (χ0n) is 16.0. The molecule has 0 aliphatic heterocycles. The Balaban J connectivity index is 1.59. The van der Waals surface area contributed by atoms with Crippen LogP contribution < -0.4 is 10.6 Å². The largest absolute Gasteiger partial charge is 0.356 e. The topological polar surface area (TPSA) is 71.1 Å². The molecule has 1 aliphatic rings. The highest BCUT2D eigenvalue weighted by Gasteiger charge is 2.35. The van der Waals surface area contributed by atoms with Crippen LogP contribution in [0.4, 0.5) is 0 Å². The zero-order chi connectivity index (χ0) is 19.1. The van der Waals surface area contributed by atoms with E-state index >= 15 is 0 Å². The van der Waals surface area contributed by atoms with Crippen molar-refractivity contribution in [2.24, 2.45) is 11.8 Å². The predicted octanol–water partition coefficient (Wildman–Crippen LogP) is 3.57. The highest BCUT2D eigenvalue weighted by molar-refractivity contribution is 5.88. The molecule has 0 spiro atoms. The van der Waals surface area contributed by atoms with E-state index in [0.29, 0.717) is 13.1 Å². The van der Waals surface area contributed by atoms with Gasteiger partial charge in [0.2, 0.25) is 11.8 Å². The quantitative estimate of drug-likeness (QED) is 0.735. The summed E-state index contributed by atoms with van der Waals surface area (Å²) < 4.78 is 0. The molecular weight excluding hydrogens is 338 g/mol. The molecule has 1 aromatic heterocycles. The second-order valence-corrected chi connectivity index (χ2v) is 7.36. The first-order valence-corrected chi connectivity index (χ1v) is 10.1. The van der Waals surface area contributed by atoms with Crippen molar-refractivity contribution < 1.29 is 9.59 Å². The van der Waals surface area contributed by atoms with Gasteiger partial charge in [0.05, 0.1) is 17.8 Å². The summed E-state index contributed by atoms with van der Waals surface area (Å²) in [6, 6.07) is 11.9. The van der Waals surface area contributed by atoms with Crippen molar-refractivity contribution in [3.63, 3.8) is 0 Å². The summed E-state index contributed by atoms with van der Waals surface area (Å²) in [5, 5.41) is 7.09. The van der Waals surface area contributed by atoms with Crippen LogP contribution in [0.2, 0.25) is 0 Å². The lowest BCUT2D eigenvalue weighted by molar-refractivity contribution is -0.136. The number of nitrogens with zero attached hydrogens (tertiary/aromatic N) is 1. The molecule has 1 fully saturated rings. The molecule has 0 unspecified atom stereocenters. The Morgan fingerprint density at radius 2 is 1.70 bits per heavy atom. The summed E-state index contributed by atoms with van der Waals surface area (Å²) in [7, 11) is 0. The molecular formula is C22H29N3O2. The maximum Gasteiger partial charge on any atom is 0.224 e. The molecule has 2 N–H and O–H groups in total. The van der Waals surface area contributed by atoms with Crippen molar-refractivity contribution in [3.05, 3.63) is 42.1 Å². The Bertz CT molecular complexity index is 790. The maximum absolute atomic E-state index is 12.8. The molecule has 5 heteroatoms. The fourth-order valence-electron chi connectivity index (χ4n) is 3.79. The minimum Gasteiger partial charge on any atom is -0.356 e. The highest BCUT2D eigenvalue weighted by atomic mass is 16.2. The van der Waals surface area contributed by atoms with E-state index in [1.54, 1.807) is 0 Å². The zero-order valence-corrected chi connectivity index (χ0v) is 16.0. The van der Waals surface area contributed by atoms with E-state index in [9.17, 15) is 9.59 Å². The van der Waals surface area contributed by atoms with Crippen molar-refractivity contribution in [3.8, 4) is 0 Å². The van der Waals surface area contributed by atoms with Gasteiger partial charge in [0.15, 0.2) is 0 Å². The molecule has 1 heterocycles. The Morgan fingerprint density at radius 3 is 2.44 bits per heavy atom. The summed E-state index contributed by atoms with van der Waals surface area (Å²) >= 11 is 0. The van der Waals surface area contributed by atoms with E-state index in [2.05, 4.69) is 22.5 Å². The molecule has 2 amide bonds. The van der Waals surface area contributed by atoms with Crippen LogP contribution in [0.1, 0.15) is 51.1 Å². The SMILES string of the molecule is CCCCNC(=O)[C@@H]1CCCC[C@@H]1C(=O)NCc1ccc2ccccc2n1. The highest BCUT2D eigenvalue weighted by Crippen LogP contribution is 2.30. The second-order valence-electron chi connectivity index (χ2n) is 7.36. The van der Waals surface area contributed by atoms with E-state index in [0.717, 1.165) is 55.1 Å². The van der Waals surface area contributed by atoms with Gasteiger partial charge in [-0.1, -0.05) is 50.5 Å². The van der Waals surface area contributed by atoms with Gasteiger partial charge in [-0.25, -0.2) is 0 Å². The fourth-order valence-corrected chi connectivity index (χ4v) is 3.79. The average molecular weight is 367 g/mol. The number of hydrogen-bond donors (Lipinski definition) is 2. The van der Waals surface area contributed by atoms with Gasteiger partial charge in [-0.05, 0) is 31.4 Å². The first-order chi connectivity index (χ1) is 13.2. The molecule has 1 aromatic carbocycles. The van der Waals surface area contributed by atoms with Crippen LogP contribution in [0.3, 0.4) is 0 Å². The Labute approximate surface area is 160 Å². The molecule has 0 bridgehead atoms. The number of pyridine rings is 1. The van der Waals surface area contributed by atoms with Crippen LogP contribution >= 0.6 is 0 Å². The normalized spacial score (nSPS) is 19.6. The number of carbonyl (C=O) groups is 2. The van der Waals surface area contributed by atoms with Crippen LogP contribution in [0, 0.1) is 11.8 Å². The summed E-state index contributed by atoms with van der Waals surface area (Å²) in [5.41, 5.74) is 1.76. The lowest BCUT2D eigenvalue weighted by Crippen LogP contribution is -2.43.